The van der Waals surface area contributed by atoms with Crippen LogP contribution in [0.15, 0.2) is 84.0 Å². The third kappa shape index (κ3) is 7.20. The van der Waals surface area contributed by atoms with Crippen LogP contribution in [-0.2, 0) is 18.1 Å². The summed E-state index contributed by atoms with van der Waals surface area (Å²) >= 11 is 0. The Morgan fingerprint density at radius 3 is 2.54 bits per heavy atom. The number of aromatic nitrogens is 2. The zero-order valence-corrected chi connectivity index (χ0v) is 26.6. The first-order chi connectivity index (χ1) is 22.0. The fourth-order valence-corrected chi connectivity index (χ4v) is 6.55. The first kappa shape index (κ1) is 33.4. The number of amides is 1. The third-order valence-corrected chi connectivity index (χ3v) is 9.32. The van der Waals surface area contributed by atoms with Crippen molar-refractivity contribution < 1.29 is 22.4 Å². The number of halogens is 4. The second-order valence-corrected chi connectivity index (χ2v) is 12.6. The van der Waals surface area contributed by atoms with Crippen molar-refractivity contribution in [2.45, 2.75) is 83.9 Å². The van der Waals surface area contributed by atoms with E-state index in [0.29, 0.717) is 23.5 Å². The predicted octanol–water partition coefficient (Wildman–Crippen LogP) is 9.44. The Hall–Kier alpha value is -3.98. The molecule has 0 saturated heterocycles. The van der Waals surface area contributed by atoms with Crippen LogP contribution < -0.4 is 11.1 Å². The summed E-state index contributed by atoms with van der Waals surface area (Å²) in [6.07, 6.45) is 11.0. The molecule has 2 aromatic carbocycles. The van der Waals surface area contributed by atoms with Gasteiger partial charge in [-0.2, -0.15) is 18.3 Å². The summed E-state index contributed by atoms with van der Waals surface area (Å²) in [4.78, 5) is 13.7. The van der Waals surface area contributed by atoms with Gasteiger partial charge in [-0.15, -0.1) is 0 Å². The van der Waals surface area contributed by atoms with Crippen LogP contribution in [0, 0.1) is 17.7 Å². The van der Waals surface area contributed by atoms with Gasteiger partial charge in [0.15, 0.2) is 5.69 Å². The highest BCUT2D eigenvalue weighted by Gasteiger charge is 2.38. The predicted molar refractivity (Wildman–Crippen MR) is 174 cm³/mol. The van der Waals surface area contributed by atoms with Crippen LogP contribution >= 0.6 is 0 Å². The van der Waals surface area contributed by atoms with E-state index in [9.17, 15) is 18.0 Å². The van der Waals surface area contributed by atoms with Gasteiger partial charge in [0.2, 0.25) is 0 Å². The molecule has 5 rings (SSSR count). The summed E-state index contributed by atoms with van der Waals surface area (Å²) in [6.45, 7) is 6.60. The molecule has 5 nitrogen and oxygen atoms in total. The van der Waals surface area contributed by atoms with Gasteiger partial charge in [-0.3, -0.25) is 4.79 Å². The van der Waals surface area contributed by atoms with E-state index in [-0.39, 0.29) is 23.6 Å². The maximum atomic E-state index is 15.5. The smallest absolute Gasteiger partial charge is 0.326 e. The van der Waals surface area contributed by atoms with E-state index in [1.165, 1.54) is 30.5 Å². The average molecular weight is 635 g/mol. The van der Waals surface area contributed by atoms with Gasteiger partial charge in [-0.1, -0.05) is 81.2 Å². The molecule has 244 valence electrons. The fourth-order valence-electron chi connectivity index (χ4n) is 6.55. The Balaban J connectivity index is 1.57. The molecule has 1 amide bonds. The zero-order valence-electron chi connectivity index (χ0n) is 26.6. The van der Waals surface area contributed by atoms with Crippen molar-refractivity contribution in [3.63, 3.8) is 0 Å². The topological polar surface area (TPSA) is 72.9 Å². The lowest BCUT2D eigenvalue weighted by Gasteiger charge is -2.37. The largest absolute Gasteiger partial charge is 0.435 e. The lowest BCUT2D eigenvalue weighted by atomic mass is 9.67. The van der Waals surface area contributed by atoms with Gasteiger partial charge < -0.3 is 11.1 Å². The molecule has 3 N–H and O–H groups in total. The first-order valence-electron chi connectivity index (χ1n) is 16.1. The molecule has 0 bridgehead atoms. The first-order valence-corrected chi connectivity index (χ1v) is 16.1. The number of nitrogens with one attached hydrogen (secondary N) is 1. The van der Waals surface area contributed by atoms with Crippen LogP contribution in [0.1, 0.15) is 93.0 Å². The van der Waals surface area contributed by atoms with E-state index in [0.717, 1.165) is 47.9 Å². The molecule has 9 heteroatoms. The lowest BCUT2D eigenvalue weighted by molar-refractivity contribution is -0.141. The number of hydrogen-bond acceptors (Lipinski definition) is 3. The Bertz CT molecular complexity index is 1660. The molecule has 1 saturated carbocycles. The SMILES string of the molecule is CCCC(CCC1CC1)(C1=CC=CC(CC)C(C)=C1)c1ccc(F)c(NC(=O)c2cc(C(F)(F)F)nn2-c2cccc(CN)c2)c1. The molecule has 2 aliphatic carbocycles. The monoisotopic (exact) mass is 634 g/mol. The highest BCUT2D eigenvalue weighted by Crippen LogP contribution is 2.47. The Morgan fingerprint density at radius 2 is 1.87 bits per heavy atom. The molecule has 2 atom stereocenters. The maximum Gasteiger partial charge on any atom is 0.435 e. The molecule has 0 aliphatic heterocycles. The summed E-state index contributed by atoms with van der Waals surface area (Å²) in [5.74, 6) is -0.581. The van der Waals surface area contributed by atoms with Crippen LogP contribution in [0.5, 0.6) is 0 Å². The van der Waals surface area contributed by atoms with E-state index < -0.39 is 29.0 Å². The molecule has 46 heavy (non-hydrogen) atoms. The van der Waals surface area contributed by atoms with E-state index in [2.05, 4.69) is 55.5 Å². The standard InChI is InChI=1S/C37H42F4N4O/c1-4-17-36(18-16-25-12-13-25,28-10-7-9-27(5-2)24(3)19-28)29-14-15-31(38)32(21-29)43-35(46)33-22-34(37(39,40)41)44-45(33)30-11-6-8-26(20-30)23-42/h6-11,14-15,19-22,25,27H,4-5,12-13,16-18,23,42H2,1-3H3,(H,43,46). The van der Waals surface area contributed by atoms with Gasteiger partial charge >= 0.3 is 6.18 Å². The molecule has 2 unspecified atom stereocenters. The minimum Gasteiger partial charge on any atom is -0.326 e. The van der Waals surface area contributed by atoms with Crippen molar-refractivity contribution in [2.24, 2.45) is 17.6 Å². The molecular weight excluding hydrogens is 592 g/mol. The number of hydrogen-bond donors (Lipinski definition) is 2. The molecule has 0 radical (unpaired) electrons. The molecular formula is C37H42F4N4O. The van der Waals surface area contributed by atoms with Crippen LogP contribution in [-0.4, -0.2) is 15.7 Å². The maximum absolute atomic E-state index is 15.5. The quantitative estimate of drug-likeness (QED) is 0.195. The van der Waals surface area contributed by atoms with Gasteiger partial charge in [0.05, 0.1) is 11.4 Å². The summed E-state index contributed by atoms with van der Waals surface area (Å²) < 4.78 is 57.7. The Kier molecular flexibility index (Phi) is 10.0. The summed E-state index contributed by atoms with van der Waals surface area (Å²) in [6, 6.07) is 11.9. The molecule has 1 aromatic heterocycles. The highest BCUT2D eigenvalue weighted by atomic mass is 19.4. The van der Waals surface area contributed by atoms with Crippen molar-refractivity contribution >= 4 is 11.6 Å². The number of carbonyl (C=O) groups is 1. The van der Waals surface area contributed by atoms with Crippen LogP contribution in [0.2, 0.25) is 0 Å². The van der Waals surface area contributed by atoms with E-state index in [1.807, 2.05) is 0 Å². The summed E-state index contributed by atoms with van der Waals surface area (Å²) in [5.41, 5.74) is 7.78. The van der Waals surface area contributed by atoms with Crippen molar-refractivity contribution in [1.82, 2.24) is 9.78 Å². The second kappa shape index (κ2) is 13.8. The van der Waals surface area contributed by atoms with Gasteiger partial charge in [0.25, 0.3) is 5.91 Å². The van der Waals surface area contributed by atoms with Gasteiger partial charge in [-0.05, 0) is 85.4 Å². The number of allylic oxidation sites excluding steroid dienone is 6. The van der Waals surface area contributed by atoms with Gasteiger partial charge in [-0.25, -0.2) is 9.07 Å². The van der Waals surface area contributed by atoms with E-state index in [4.69, 9.17) is 5.73 Å². The summed E-state index contributed by atoms with van der Waals surface area (Å²) in [7, 11) is 0. The minimum absolute atomic E-state index is 0.0942. The Labute approximate surface area is 268 Å². The molecule has 2 aliphatic rings. The van der Waals surface area contributed by atoms with Gasteiger partial charge in [0.1, 0.15) is 11.5 Å². The van der Waals surface area contributed by atoms with E-state index in [1.54, 1.807) is 30.3 Å². The molecule has 1 heterocycles. The molecule has 0 spiro atoms. The average Bonchev–Trinajstić information content (AvgIpc) is 3.79. The van der Waals surface area contributed by atoms with Crippen molar-refractivity contribution in [3.05, 3.63) is 112 Å². The number of rotatable bonds is 12. The van der Waals surface area contributed by atoms with Crippen molar-refractivity contribution in [3.8, 4) is 5.69 Å². The Morgan fingerprint density at radius 1 is 1.09 bits per heavy atom. The zero-order chi connectivity index (χ0) is 33.1. The number of alkyl halides is 3. The van der Waals surface area contributed by atoms with Crippen LogP contribution in [0.3, 0.4) is 0 Å². The van der Waals surface area contributed by atoms with E-state index >= 15 is 4.39 Å². The van der Waals surface area contributed by atoms with Crippen LogP contribution in [0.25, 0.3) is 5.69 Å². The normalized spacial score (nSPS) is 18.0. The number of carbonyl (C=O) groups excluding carboxylic acids is 1. The molecule has 1 fully saturated rings. The second-order valence-electron chi connectivity index (χ2n) is 12.6. The number of benzene rings is 2. The lowest BCUT2D eigenvalue weighted by Crippen LogP contribution is -2.29. The van der Waals surface area contributed by atoms with Crippen LogP contribution in [0.4, 0.5) is 23.2 Å². The van der Waals surface area contributed by atoms with Crippen molar-refractivity contribution in [2.75, 3.05) is 5.32 Å². The van der Waals surface area contributed by atoms with Gasteiger partial charge in [0, 0.05) is 18.0 Å². The van der Waals surface area contributed by atoms with Crippen molar-refractivity contribution in [1.29, 1.82) is 0 Å². The highest BCUT2D eigenvalue weighted by molar-refractivity contribution is 6.03. The number of anilines is 1. The summed E-state index contributed by atoms with van der Waals surface area (Å²) in [5, 5.41) is 6.29. The molecule has 3 aromatic rings. The number of nitrogens with two attached hydrogens (primary N) is 1. The third-order valence-electron chi connectivity index (χ3n) is 9.32. The fraction of sp³-hybridized carbons (Fsp3) is 0.405. The number of nitrogens with zero attached hydrogens (tertiary/aromatic N) is 2. The minimum atomic E-state index is -4.79.